The zero-order chi connectivity index (χ0) is 20.1. The molecule has 29 heavy (non-hydrogen) atoms. The van der Waals surface area contributed by atoms with Crippen LogP contribution in [0.2, 0.25) is 0 Å². The van der Waals surface area contributed by atoms with Gasteiger partial charge in [-0.2, -0.15) is 0 Å². The van der Waals surface area contributed by atoms with E-state index in [1.165, 1.54) is 16.9 Å². The molecule has 3 N–H and O–H groups in total. The van der Waals surface area contributed by atoms with E-state index in [9.17, 15) is 4.79 Å². The van der Waals surface area contributed by atoms with Crippen molar-refractivity contribution in [2.75, 3.05) is 11.1 Å². The summed E-state index contributed by atoms with van der Waals surface area (Å²) in [5, 5.41) is 11.3. The zero-order valence-corrected chi connectivity index (χ0v) is 16.6. The Hall–Kier alpha value is -3.45. The highest BCUT2D eigenvalue weighted by molar-refractivity contribution is 7.17. The number of hydrogen-bond acceptors (Lipinski definition) is 5. The second-order valence-electron chi connectivity index (χ2n) is 6.66. The SMILES string of the molecule is Nc1ccccc1NC(=O)c1ccc(-c2cn(CCCc3ccccc3)nn2)s1. The van der Waals surface area contributed by atoms with Gasteiger partial charge in [-0.1, -0.05) is 47.7 Å². The maximum atomic E-state index is 12.5. The maximum absolute atomic E-state index is 12.5. The Balaban J connectivity index is 1.37. The first-order chi connectivity index (χ1) is 14.2. The first kappa shape index (κ1) is 18.9. The van der Waals surface area contributed by atoms with Crippen molar-refractivity contribution in [1.29, 1.82) is 0 Å². The predicted octanol–water partition coefficient (Wildman–Crippen LogP) is 4.47. The fourth-order valence-corrected chi connectivity index (χ4v) is 3.85. The molecule has 4 aromatic rings. The Kier molecular flexibility index (Phi) is 5.67. The van der Waals surface area contributed by atoms with Crippen molar-refractivity contribution in [3.8, 4) is 10.6 Å². The first-order valence-electron chi connectivity index (χ1n) is 9.39. The second-order valence-corrected chi connectivity index (χ2v) is 7.75. The lowest BCUT2D eigenvalue weighted by atomic mass is 10.1. The fraction of sp³-hybridized carbons (Fsp3) is 0.136. The molecule has 7 heteroatoms. The molecule has 0 radical (unpaired) electrons. The van der Waals surface area contributed by atoms with Crippen molar-refractivity contribution in [3.63, 3.8) is 0 Å². The standard InChI is InChI=1S/C22H21N5OS/c23-17-10-4-5-11-18(17)24-22(28)21-13-12-20(29-21)19-15-27(26-25-19)14-6-9-16-7-2-1-3-8-16/h1-5,7-8,10-13,15H,6,9,14,23H2,(H,24,28). The van der Waals surface area contributed by atoms with Gasteiger partial charge < -0.3 is 11.1 Å². The summed E-state index contributed by atoms with van der Waals surface area (Å²) in [6.07, 6.45) is 3.92. The minimum atomic E-state index is -0.186. The molecular formula is C22H21N5OS. The van der Waals surface area contributed by atoms with Crippen LogP contribution in [0.25, 0.3) is 10.6 Å². The minimum Gasteiger partial charge on any atom is -0.397 e. The van der Waals surface area contributed by atoms with Crippen LogP contribution >= 0.6 is 11.3 Å². The molecule has 2 aromatic carbocycles. The Morgan fingerprint density at radius 2 is 1.83 bits per heavy atom. The van der Waals surface area contributed by atoms with Crippen LogP contribution < -0.4 is 11.1 Å². The highest BCUT2D eigenvalue weighted by Crippen LogP contribution is 2.27. The first-order valence-corrected chi connectivity index (χ1v) is 10.2. The number of amides is 1. The molecule has 1 amide bonds. The Bertz CT molecular complexity index is 1100. The highest BCUT2D eigenvalue weighted by atomic mass is 32.1. The van der Waals surface area contributed by atoms with Gasteiger partial charge in [-0.25, -0.2) is 0 Å². The molecule has 6 nitrogen and oxygen atoms in total. The molecule has 4 rings (SSSR count). The number of nitrogens with one attached hydrogen (secondary N) is 1. The number of thiophene rings is 1. The summed E-state index contributed by atoms with van der Waals surface area (Å²) in [4.78, 5) is 14.0. The van der Waals surface area contributed by atoms with Crippen LogP contribution in [0.1, 0.15) is 21.7 Å². The zero-order valence-electron chi connectivity index (χ0n) is 15.8. The van der Waals surface area contributed by atoms with Crippen LogP contribution in [-0.2, 0) is 13.0 Å². The molecule has 2 heterocycles. The molecule has 0 aliphatic heterocycles. The van der Waals surface area contributed by atoms with Crippen LogP contribution in [-0.4, -0.2) is 20.9 Å². The Morgan fingerprint density at radius 3 is 2.66 bits per heavy atom. The smallest absolute Gasteiger partial charge is 0.265 e. The quantitative estimate of drug-likeness (QED) is 0.446. The molecule has 146 valence electrons. The van der Waals surface area contributed by atoms with Crippen molar-refractivity contribution in [2.24, 2.45) is 0 Å². The largest absolute Gasteiger partial charge is 0.397 e. The lowest BCUT2D eigenvalue weighted by molar-refractivity contribution is 0.103. The van der Waals surface area contributed by atoms with E-state index in [4.69, 9.17) is 5.73 Å². The van der Waals surface area contributed by atoms with E-state index in [0.29, 0.717) is 16.3 Å². The summed E-state index contributed by atoms with van der Waals surface area (Å²) < 4.78 is 1.85. The van der Waals surface area contributed by atoms with E-state index in [1.54, 1.807) is 18.2 Å². The molecular weight excluding hydrogens is 382 g/mol. The van der Waals surface area contributed by atoms with Crippen molar-refractivity contribution >= 4 is 28.6 Å². The number of nitrogen functional groups attached to an aromatic ring is 1. The van der Waals surface area contributed by atoms with Gasteiger partial charge in [0.1, 0.15) is 5.69 Å². The van der Waals surface area contributed by atoms with Crippen molar-refractivity contribution in [3.05, 3.63) is 83.4 Å². The lowest BCUT2D eigenvalue weighted by Crippen LogP contribution is -2.11. The molecule has 0 saturated heterocycles. The molecule has 2 aromatic heterocycles. The number of aromatic nitrogens is 3. The Morgan fingerprint density at radius 1 is 1.03 bits per heavy atom. The normalized spacial score (nSPS) is 10.8. The van der Waals surface area contributed by atoms with E-state index < -0.39 is 0 Å². The number of carbonyl (C=O) groups excluding carboxylic acids is 1. The number of anilines is 2. The summed E-state index contributed by atoms with van der Waals surface area (Å²) in [6, 6.07) is 21.3. The number of carbonyl (C=O) groups is 1. The van der Waals surface area contributed by atoms with Gasteiger partial charge in [0.25, 0.3) is 5.91 Å². The van der Waals surface area contributed by atoms with E-state index >= 15 is 0 Å². The average Bonchev–Trinajstić information content (AvgIpc) is 3.40. The monoisotopic (exact) mass is 403 g/mol. The number of hydrogen-bond donors (Lipinski definition) is 2. The van der Waals surface area contributed by atoms with Gasteiger partial charge in [0.2, 0.25) is 0 Å². The molecule has 0 bridgehead atoms. The number of nitrogens with two attached hydrogens (primary N) is 1. The van der Waals surface area contributed by atoms with E-state index in [0.717, 1.165) is 30.0 Å². The van der Waals surface area contributed by atoms with Gasteiger partial charge in [0, 0.05) is 6.54 Å². The number of benzene rings is 2. The number of para-hydroxylation sites is 2. The Labute approximate surface area is 173 Å². The summed E-state index contributed by atoms with van der Waals surface area (Å²) in [7, 11) is 0. The molecule has 0 aliphatic rings. The fourth-order valence-electron chi connectivity index (χ4n) is 3.00. The molecule has 0 saturated carbocycles. The molecule has 0 unspecified atom stereocenters. The summed E-state index contributed by atoms with van der Waals surface area (Å²) in [5.41, 5.74) is 9.13. The van der Waals surface area contributed by atoms with Crippen LogP contribution in [0.4, 0.5) is 11.4 Å². The number of nitrogens with zero attached hydrogens (tertiary/aromatic N) is 3. The molecule has 0 fully saturated rings. The van der Waals surface area contributed by atoms with Crippen LogP contribution in [0.3, 0.4) is 0 Å². The van der Waals surface area contributed by atoms with Gasteiger partial charge in [0.15, 0.2) is 0 Å². The predicted molar refractivity (Wildman–Crippen MR) is 117 cm³/mol. The van der Waals surface area contributed by atoms with Crippen molar-refractivity contribution in [1.82, 2.24) is 15.0 Å². The van der Waals surface area contributed by atoms with Gasteiger partial charge in [-0.15, -0.1) is 16.4 Å². The second kappa shape index (κ2) is 8.70. The van der Waals surface area contributed by atoms with Crippen molar-refractivity contribution < 1.29 is 4.79 Å². The molecule has 0 spiro atoms. The van der Waals surface area contributed by atoms with Crippen LogP contribution in [0, 0.1) is 0 Å². The molecule has 0 aliphatic carbocycles. The molecule has 0 atom stereocenters. The third kappa shape index (κ3) is 4.70. The average molecular weight is 404 g/mol. The van der Waals surface area contributed by atoms with E-state index in [-0.39, 0.29) is 5.91 Å². The summed E-state index contributed by atoms with van der Waals surface area (Å²) in [6.45, 7) is 0.800. The maximum Gasteiger partial charge on any atom is 0.265 e. The van der Waals surface area contributed by atoms with Gasteiger partial charge in [-0.3, -0.25) is 9.48 Å². The minimum absolute atomic E-state index is 0.186. The van der Waals surface area contributed by atoms with Crippen LogP contribution in [0.15, 0.2) is 72.9 Å². The van der Waals surface area contributed by atoms with Gasteiger partial charge >= 0.3 is 0 Å². The summed E-state index contributed by atoms with van der Waals surface area (Å²) >= 11 is 1.38. The van der Waals surface area contributed by atoms with E-state index in [2.05, 4.69) is 39.9 Å². The van der Waals surface area contributed by atoms with Gasteiger partial charge in [0.05, 0.1) is 27.3 Å². The van der Waals surface area contributed by atoms with Gasteiger partial charge in [-0.05, 0) is 42.7 Å². The summed E-state index contributed by atoms with van der Waals surface area (Å²) in [5.74, 6) is -0.186. The third-order valence-electron chi connectivity index (χ3n) is 4.53. The number of aryl methyl sites for hydroxylation is 2. The highest BCUT2D eigenvalue weighted by Gasteiger charge is 2.13. The lowest BCUT2D eigenvalue weighted by Gasteiger charge is -2.06. The van der Waals surface area contributed by atoms with Crippen LogP contribution in [0.5, 0.6) is 0 Å². The third-order valence-corrected chi connectivity index (χ3v) is 5.63. The number of rotatable bonds is 7. The topological polar surface area (TPSA) is 85.8 Å². The van der Waals surface area contributed by atoms with E-state index in [1.807, 2.05) is 35.1 Å². The van der Waals surface area contributed by atoms with Crippen molar-refractivity contribution in [2.45, 2.75) is 19.4 Å².